The summed E-state index contributed by atoms with van der Waals surface area (Å²) in [6.45, 7) is 2.41. The van der Waals surface area contributed by atoms with E-state index >= 15 is 0 Å². The van der Waals surface area contributed by atoms with Crippen molar-refractivity contribution in [2.45, 2.75) is 19.3 Å². The standard InChI is InChI=1S/C12H16N2/c1-2-8-14(9-3-1)10-6-12-5-4-7-13-11-12/h4-7,10-11H,1-3,8-9H2. The van der Waals surface area contributed by atoms with Crippen molar-refractivity contribution in [2.24, 2.45) is 0 Å². The molecule has 14 heavy (non-hydrogen) atoms. The first-order valence-corrected chi connectivity index (χ1v) is 5.27. The van der Waals surface area contributed by atoms with Crippen LogP contribution in [0, 0.1) is 0 Å². The van der Waals surface area contributed by atoms with Crippen LogP contribution in [0.4, 0.5) is 0 Å². The van der Waals surface area contributed by atoms with Crippen molar-refractivity contribution in [3.63, 3.8) is 0 Å². The summed E-state index contributed by atoms with van der Waals surface area (Å²) in [5.41, 5.74) is 1.18. The Kier molecular flexibility index (Phi) is 3.17. The number of rotatable bonds is 2. The maximum atomic E-state index is 4.08. The van der Waals surface area contributed by atoms with Gasteiger partial charge >= 0.3 is 0 Å². The lowest BCUT2D eigenvalue weighted by Crippen LogP contribution is -2.23. The summed E-state index contributed by atoms with van der Waals surface area (Å²) in [4.78, 5) is 6.46. The quantitative estimate of drug-likeness (QED) is 0.709. The van der Waals surface area contributed by atoms with Gasteiger partial charge in [-0.05, 0) is 43.2 Å². The van der Waals surface area contributed by atoms with Gasteiger partial charge in [-0.15, -0.1) is 0 Å². The predicted molar refractivity (Wildman–Crippen MR) is 58.7 cm³/mol. The number of aromatic nitrogens is 1. The predicted octanol–water partition coefficient (Wildman–Crippen LogP) is 2.54. The van der Waals surface area contributed by atoms with Crippen LogP contribution in [0.1, 0.15) is 24.8 Å². The molecule has 0 aliphatic carbocycles. The minimum absolute atomic E-state index is 1.18. The Balaban J connectivity index is 1.93. The van der Waals surface area contributed by atoms with Gasteiger partial charge in [0.15, 0.2) is 0 Å². The lowest BCUT2D eigenvalue weighted by atomic mass is 10.1. The van der Waals surface area contributed by atoms with E-state index in [1.54, 1.807) is 6.20 Å². The van der Waals surface area contributed by atoms with Gasteiger partial charge in [0, 0.05) is 25.5 Å². The van der Waals surface area contributed by atoms with Crippen molar-refractivity contribution < 1.29 is 0 Å². The molecule has 0 amide bonds. The third-order valence-electron chi connectivity index (χ3n) is 2.55. The highest BCUT2D eigenvalue weighted by Crippen LogP contribution is 2.10. The minimum Gasteiger partial charge on any atom is -0.377 e. The van der Waals surface area contributed by atoms with Gasteiger partial charge in [-0.1, -0.05) is 6.07 Å². The highest BCUT2D eigenvalue weighted by atomic mass is 15.1. The average Bonchev–Trinajstić information content (AvgIpc) is 2.29. The second-order valence-corrected chi connectivity index (χ2v) is 3.70. The lowest BCUT2D eigenvalue weighted by molar-refractivity contribution is 0.311. The van der Waals surface area contributed by atoms with Crippen LogP contribution in [0.15, 0.2) is 30.7 Å². The molecule has 74 valence electrons. The summed E-state index contributed by atoms with van der Waals surface area (Å²) in [6, 6.07) is 4.04. The summed E-state index contributed by atoms with van der Waals surface area (Å²) in [5.74, 6) is 0. The van der Waals surface area contributed by atoms with E-state index in [9.17, 15) is 0 Å². The molecule has 2 rings (SSSR count). The Labute approximate surface area is 85.3 Å². The van der Waals surface area contributed by atoms with Crippen molar-refractivity contribution in [1.82, 2.24) is 9.88 Å². The molecule has 2 nitrogen and oxygen atoms in total. The van der Waals surface area contributed by atoms with Crippen LogP contribution in [0.5, 0.6) is 0 Å². The van der Waals surface area contributed by atoms with Crippen LogP contribution in [-0.2, 0) is 0 Å². The monoisotopic (exact) mass is 188 g/mol. The fourth-order valence-corrected chi connectivity index (χ4v) is 1.73. The molecule has 0 aromatic carbocycles. The van der Waals surface area contributed by atoms with E-state index in [0.29, 0.717) is 0 Å². The van der Waals surface area contributed by atoms with Crippen LogP contribution in [0.2, 0.25) is 0 Å². The Hall–Kier alpha value is -1.31. The summed E-state index contributed by atoms with van der Waals surface area (Å²) in [7, 11) is 0. The molecule has 1 aromatic rings. The molecule has 0 unspecified atom stereocenters. The zero-order valence-electron chi connectivity index (χ0n) is 8.39. The Bertz CT molecular complexity index is 286. The van der Waals surface area contributed by atoms with Crippen molar-refractivity contribution in [2.75, 3.05) is 13.1 Å². The van der Waals surface area contributed by atoms with Gasteiger partial charge < -0.3 is 4.90 Å². The molecule has 0 spiro atoms. The topological polar surface area (TPSA) is 16.1 Å². The second kappa shape index (κ2) is 4.80. The van der Waals surface area contributed by atoms with Crippen LogP contribution >= 0.6 is 0 Å². The zero-order chi connectivity index (χ0) is 9.64. The molecule has 2 heteroatoms. The molecule has 0 saturated carbocycles. The highest BCUT2D eigenvalue weighted by molar-refractivity contribution is 5.46. The Morgan fingerprint density at radius 3 is 2.79 bits per heavy atom. The molecular weight excluding hydrogens is 172 g/mol. The minimum atomic E-state index is 1.18. The SMILES string of the molecule is C(=CN1CCCCC1)c1cccnc1. The van der Waals surface area contributed by atoms with Crippen molar-refractivity contribution in [1.29, 1.82) is 0 Å². The van der Waals surface area contributed by atoms with Gasteiger partial charge in [-0.2, -0.15) is 0 Å². The first-order chi connectivity index (χ1) is 6.95. The van der Waals surface area contributed by atoms with E-state index in [1.807, 2.05) is 12.3 Å². The molecule has 1 aliphatic rings. The fourth-order valence-electron chi connectivity index (χ4n) is 1.73. The molecule has 0 radical (unpaired) electrons. The van der Waals surface area contributed by atoms with Gasteiger partial charge in [-0.3, -0.25) is 4.98 Å². The van der Waals surface area contributed by atoms with Gasteiger partial charge in [-0.25, -0.2) is 0 Å². The van der Waals surface area contributed by atoms with Gasteiger partial charge in [0.05, 0.1) is 0 Å². The van der Waals surface area contributed by atoms with E-state index in [4.69, 9.17) is 0 Å². The van der Waals surface area contributed by atoms with Crippen LogP contribution in [-0.4, -0.2) is 23.0 Å². The normalized spacial score (nSPS) is 17.6. The number of hydrogen-bond acceptors (Lipinski definition) is 2. The average molecular weight is 188 g/mol. The first kappa shape index (κ1) is 9.25. The molecule has 0 atom stereocenters. The summed E-state index contributed by atoms with van der Waals surface area (Å²) >= 11 is 0. The number of pyridine rings is 1. The van der Waals surface area contributed by atoms with Gasteiger partial charge in [0.1, 0.15) is 0 Å². The number of hydrogen-bond donors (Lipinski definition) is 0. The van der Waals surface area contributed by atoms with E-state index in [2.05, 4.69) is 28.2 Å². The molecule has 1 saturated heterocycles. The maximum absolute atomic E-state index is 4.08. The Morgan fingerprint density at radius 1 is 1.21 bits per heavy atom. The third kappa shape index (κ3) is 2.59. The molecular formula is C12H16N2. The van der Waals surface area contributed by atoms with E-state index < -0.39 is 0 Å². The second-order valence-electron chi connectivity index (χ2n) is 3.70. The molecule has 1 aliphatic heterocycles. The zero-order valence-corrected chi connectivity index (χ0v) is 8.39. The van der Waals surface area contributed by atoms with Crippen molar-refractivity contribution in [3.05, 3.63) is 36.3 Å². The smallest absolute Gasteiger partial charge is 0.0340 e. The highest BCUT2D eigenvalue weighted by Gasteiger charge is 2.04. The number of piperidine rings is 1. The maximum Gasteiger partial charge on any atom is 0.0340 e. The largest absolute Gasteiger partial charge is 0.377 e. The lowest BCUT2D eigenvalue weighted by Gasteiger charge is -2.24. The van der Waals surface area contributed by atoms with Crippen LogP contribution in [0.3, 0.4) is 0 Å². The molecule has 1 aromatic heterocycles. The third-order valence-corrected chi connectivity index (χ3v) is 2.55. The van der Waals surface area contributed by atoms with E-state index in [0.717, 1.165) is 0 Å². The van der Waals surface area contributed by atoms with Crippen LogP contribution in [0.25, 0.3) is 6.08 Å². The van der Waals surface area contributed by atoms with E-state index in [-0.39, 0.29) is 0 Å². The number of nitrogens with zero attached hydrogens (tertiary/aromatic N) is 2. The van der Waals surface area contributed by atoms with Crippen molar-refractivity contribution in [3.8, 4) is 0 Å². The summed E-state index contributed by atoms with van der Waals surface area (Å²) in [6.07, 6.45) is 12.1. The number of likely N-dealkylation sites (tertiary alicyclic amines) is 1. The fraction of sp³-hybridized carbons (Fsp3) is 0.417. The molecule has 0 bridgehead atoms. The van der Waals surface area contributed by atoms with Crippen molar-refractivity contribution >= 4 is 6.08 Å². The molecule has 1 fully saturated rings. The van der Waals surface area contributed by atoms with Crippen LogP contribution < -0.4 is 0 Å². The van der Waals surface area contributed by atoms with Gasteiger partial charge in [0.2, 0.25) is 0 Å². The van der Waals surface area contributed by atoms with Gasteiger partial charge in [0.25, 0.3) is 0 Å². The Morgan fingerprint density at radius 2 is 2.07 bits per heavy atom. The first-order valence-electron chi connectivity index (χ1n) is 5.27. The summed E-state index contributed by atoms with van der Waals surface area (Å²) in [5, 5.41) is 0. The molecule has 0 N–H and O–H groups in total. The summed E-state index contributed by atoms with van der Waals surface area (Å²) < 4.78 is 0. The van der Waals surface area contributed by atoms with E-state index in [1.165, 1.54) is 37.9 Å². The molecule has 2 heterocycles.